The molecular weight excluding hydrogens is 376 g/mol. The number of nitrogens with one attached hydrogen (secondary N) is 2. The van der Waals surface area contributed by atoms with Gasteiger partial charge in [0.25, 0.3) is 0 Å². The smallest absolute Gasteiger partial charge is 0.242 e. The van der Waals surface area contributed by atoms with E-state index in [-0.39, 0.29) is 11.4 Å². The van der Waals surface area contributed by atoms with Crippen LogP contribution in [-0.4, -0.2) is 15.0 Å². The fraction of sp³-hybridized carbons (Fsp3) is 0.385. The second-order valence-corrected chi connectivity index (χ2v) is 8.66. The van der Waals surface area contributed by atoms with Gasteiger partial charge in [-0.2, -0.15) is 0 Å². The molecule has 0 spiro atoms. The topological polar surface area (TPSA) is 71.3 Å². The van der Waals surface area contributed by atoms with Crippen molar-refractivity contribution in [2.24, 2.45) is 0 Å². The molecule has 0 fully saturated rings. The average molecular weight is 393 g/mol. The van der Waals surface area contributed by atoms with Crippen LogP contribution in [0.1, 0.15) is 23.3 Å². The predicted octanol–water partition coefficient (Wildman–Crippen LogP) is 3.00. The van der Waals surface area contributed by atoms with Gasteiger partial charge in [0, 0.05) is 11.4 Å². The third-order valence-electron chi connectivity index (χ3n) is 2.78. The molecule has 0 aliphatic heterocycles. The van der Waals surface area contributed by atoms with Crippen molar-refractivity contribution in [2.75, 3.05) is 6.54 Å². The SMILES string of the molecule is CCNCc1cc(S(=O)(=O)NCc2ccc(C)o2)c(Br)s1. The van der Waals surface area contributed by atoms with Crippen LogP contribution in [0.5, 0.6) is 0 Å². The normalized spacial score (nSPS) is 12.0. The van der Waals surface area contributed by atoms with Gasteiger partial charge in [-0.05, 0) is 47.6 Å². The van der Waals surface area contributed by atoms with Crippen molar-refractivity contribution in [2.45, 2.75) is 31.8 Å². The molecule has 21 heavy (non-hydrogen) atoms. The Hall–Kier alpha value is -0.670. The largest absolute Gasteiger partial charge is 0.465 e. The molecule has 0 aliphatic rings. The summed E-state index contributed by atoms with van der Waals surface area (Å²) < 4.78 is 33.2. The zero-order valence-electron chi connectivity index (χ0n) is 11.8. The van der Waals surface area contributed by atoms with Crippen molar-refractivity contribution in [3.8, 4) is 0 Å². The van der Waals surface area contributed by atoms with Gasteiger partial charge in [0.05, 0.1) is 10.3 Å². The molecule has 0 aliphatic carbocycles. The molecule has 0 amide bonds. The highest BCUT2D eigenvalue weighted by molar-refractivity contribution is 9.11. The first-order chi connectivity index (χ1) is 9.92. The Balaban J connectivity index is 2.09. The summed E-state index contributed by atoms with van der Waals surface area (Å²) in [5.74, 6) is 1.35. The Morgan fingerprint density at radius 3 is 2.71 bits per heavy atom. The highest BCUT2D eigenvalue weighted by Crippen LogP contribution is 2.31. The van der Waals surface area contributed by atoms with Gasteiger partial charge in [0.15, 0.2) is 0 Å². The fourth-order valence-electron chi connectivity index (χ4n) is 1.74. The van der Waals surface area contributed by atoms with E-state index in [2.05, 4.69) is 26.0 Å². The van der Waals surface area contributed by atoms with Crippen LogP contribution in [-0.2, 0) is 23.1 Å². The molecule has 2 rings (SSSR count). The van der Waals surface area contributed by atoms with Crippen LogP contribution in [0.3, 0.4) is 0 Å². The van der Waals surface area contributed by atoms with Gasteiger partial charge < -0.3 is 9.73 Å². The number of furan rings is 1. The first-order valence-corrected chi connectivity index (χ1v) is 9.55. The minimum atomic E-state index is -3.56. The van der Waals surface area contributed by atoms with E-state index < -0.39 is 10.0 Å². The fourth-order valence-corrected chi connectivity index (χ4v) is 5.38. The highest BCUT2D eigenvalue weighted by Gasteiger charge is 2.21. The number of hydrogen-bond donors (Lipinski definition) is 2. The first-order valence-electron chi connectivity index (χ1n) is 6.46. The molecule has 2 aromatic heterocycles. The predicted molar refractivity (Wildman–Crippen MR) is 86.9 cm³/mol. The number of hydrogen-bond acceptors (Lipinski definition) is 5. The van der Waals surface area contributed by atoms with Gasteiger partial charge in [0.2, 0.25) is 10.0 Å². The van der Waals surface area contributed by atoms with E-state index in [9.17, 15) is 8.42 Å². The Kier molecular flexibility index (Phi) is 5.61. The molecule has 116 valence electrons. The summed E-state index contributed by atoms with van der Waals surface area (Å²) >= 11 is 4.74. The lowest BCUT2D eigenvalue weighted by atomic mass is 10.4. The van der Waals surface area contributed by atoms with Crippen molar-refractivity contribution in [3.05, 3.63) is 38.4 Å². The molecule has 2 aromatic rings. The average Bonchev–Trinajstić information content (AvgIpc) is 3.00. The highest BCUT2D eigenvalue weighted by atomic mass is 79.9. The van der Waals surface area contributed by atoms with Gasteiger partial charge >= 0.3 is 0 Å². The maximum atomic E-state index is 12.3. The Labute approximate surface area is 136 Å². The zero-order valence-corrected chi connectivity index (χ0v) is 15.0. The van der Waals surface area contributed by atoms with Crippen LogP contribution in [0.4, 0.5) is 0 Å². The van der Waals surface area contributed by atoms with Crippen LogP contribution < -0.4 is 10.0 Å². The van der Waals surface area contributed by atoms with Crippen molar-refractivity contribution in [1.29, 1.82) is 0 Å². The quantitative estimate of drug-likeness (QED) is 0.759. The summed E-state index contributed by atoms with van der Waals surface area (Å²) in [4.78, 5) is 1.24. The van der Waals surface area contributed by atoms with Crippen molar-refractivity contribution < 1.29 is 12.8 Å². The Morgan fingerprint density at radius 1 is 1.33 bits per heavy atom. The molecule has 0 aromatic carbocycles. The molecular formula is C13H17BrN2O3S2. The summed E-state index contributed by atoms with van der Waals surface area (Å²) in [5.41, 5.74) is 0. The minimum absolute atomic E-state index is 0.140. The summed E-state index contributed by atoms with van der Waals surface area (Å²) in [6, 6.07) is 5.25. The molecule has 5 nitrogen and oxygen atoms in total. The van der Waals surface area contributed by atoms with E-state index in [1.807, 2.05) is 13.8 Å². The standard InChI is InChI=1S/C13H17BrN2O3S2/c1-3-15-8-11-6-12(13(14)20-11)21(17,18)16-7-10-5-4-9(2)19-10/h4-6,15-16H,3,7-8H2,1-2H3. The van der Waals surface area contributed by atoms with E-state index in [1.165, 1.54) is 11.3 Å². The van der Waals surface area contributed by atoms with E-state index in [0.717, 1.165) is 17.2 Å². The van der Waals surface area contributed by atoms with Gasteiger partial charge in [-0.15, -0.1) is 11.3 Å². The molecule has 0 atom stereocenters. The lowest BCUT2D eigenvalue weighted by Gasteiger charge is -2.03. The Morgan fingerprint density at radius 2 is 2.10 bits per heavy atom. The van der Waals surface area contributed by atoms with Crippen LogP contribution in [0.25, 0.3) is 0 Å². The molecule has 2 N–H and O–H groups in total. The lowest BCUT2D eigenvalue weighted by Crippen LogP contribution is -2.22. The third kappa shape index (κ3) is 4.40. The number of rotatable bonds is 7. The van der Waals surface area contributed by atoms with E-state index >= 15 is 0 Å². The Bertz CT molecular complexity index is 707. The number of aryl methyl sites for hydroxylation is 1. The first kappa shape index (κ1) is 16.7. The third-order valence-corrected chi connectivity index (χ3v) is 6.43. The number of halogens is 1. The molecule has 0 unspecified atom stereocenters. The second kappa shape index (κ2) is 7.06. The lowest BCUT2D eigenvalue weighted by molar-refractivity contribution is 0.475. The molecule has 0 bridgehead atoms. The molecule has 2 heterocycles. The summed E-state index contributed by atoms with van der Waals surface area (Å²) in [5, 5.41) is 3.18. The maximum absolute atomic E-state index is 12.3. The number of thiophene rings is 1. The van der Waals surface area contributed by atoms with Crippen LogP contribution in [0, 0.1) is 6.92 Å². The van der Waals surface area contributed by atoms with Gasteiger partial charge in [-0.1, -0.05) is 6.92 Å². The van der Waals surface area contributed by atoms with Crippen molar-refractivity contribution >= 4 is 37.3 Å². The van der Waals surface area contributed by atoms with E-state index in [1.54, 1.807) is 18.2 Å². The van der Waals surface area contributed by atoms with Crippen molar-refractivity contribution in [3.63, 3.8) is 0 Å². The van der Waals surface area contributed by atoms with Crippen LogP contribution in [0.15, 0.2) is 31.3 Å². The molecule has 8 heteroatoms. The monoisotopic (exact) mass is 392 g/mol. The van der Waals surface area contributed by atoms with Gasteiger partial charge in [-0.3, -0.25) is 0 Å². The van der Waals surface area contributed by atoms with Crippen molar-refractivity contribution in [1.82, 2.24) is 10.0 Å². The summed E-state index contributed by atoms with van der Waals surface area (Å²) in [6.07, 6.45) is 0. The van der Waals surface area contributed by atoms with Gasteiger partial charge in [-0.25, -0.2) is 13.1 Å². The minimum Gasteiger partial charge on any atom is -0.465 e. The van der Waals surface area contributed by atoms with Gasteiger partial charge in [0.1, 0.15) is 16.4 Å². The second-order valence-electron chi connectivity index (χ2n) is 4.47. The zero-order chi connectivity index (χ0) is 15.5. The molecule has 0 saturated heterocycles. The van der Waals surface area contributed by atoms with E-state index in [4.69, 9.17) is 4.42 Å². The van der Waals surface area contributed by atoms with Crippen LogP contribution >= 0.6 is 27.3 Å². The molecule has 0 saturated carbocycles. The van der Waals surface area contributed by atoms with E-state index in [0.29, 0.717) is 16.1 Å². The van der Waals surface area contributed by atoms with Crippen LogP contribution in [0.2, 0.25) is 0 Å². The summed E-state index contributed by atoms with van der Waals surface area (Å²) in [7, 11) is -3.56. The summed E-state index contributed by atoms with van der Waals surface area (Å²) in [6.45, 7) is 5.47. The molecule has 0 radical (unpaired) electrons. The maximum Gasteiger partial charge on any atom is 0.242 e. The number of sulfonamides is 1.